The summed E-state index contributed by atoms with van der Waals surface area (Å²) in [7, 11) is 0. The van der Waals surface area contributed by atoms with Crippen molar-refractivity contribution in [3.63, 3.8) is 0 Å². The summed E-state index contributed by atoms with van der Waals surface area (Å²) in [5.74, 6) is -0.0373. The van der Waals surface area contributed by atoms with Crippen molar-refractivity contribution in [2.24, 2.45) is 0 Å². The number of halogens is 2. The van der Waals surface area contributed by atoms with E-state index < -0.39 is 0 Å². The van der Waals surface area contributed by atoms with Crippen LogP contribution < -0.4 is 10.6 Å². The lowest BCUT2D eigenvalue weighted by molar-refractivity contribution is -0.116. The van der Waals surface area contributed by atoms with Gasteiger partial charge >= 0.3 is 0 Å². The van der Waals surface area contributed by atoms with Gasteiger partial charge in [-0.05, 0) is 35.9 Å². The Morgan fingerprint density at radius 2 is 1.89 bits per heavy atom. The molecule has 2 aromatic rings. The zero-order chi connectivity index (χ0) is 13.6. The van der Waals surface area contributed by atoms with Crippen LogP contribution in [0.4, 0.5) is 17.1 Å². The molecule has 2 N–H and O–H groups in total. The molecule has 0 fully saturated rings. The molecule has 1 aliphatic rings. The molecular weight excluding hydrogens is 283 g/mol. The molecule has 0 atom stereocenters. The zero-order valence-electron chi connectivity index (χ0n) is 9.86. The number of benzene rings is 2. The molecule has 1 heterocycles. The summed E-state index contributed by atoms with van der Waals surface area (Å²) in [6.07, 6.45) is 0.323. The van der Waals surface area contributed by atoms with Crippen molar-refractivity contribution in [1.82, 2.24) is 0 Å². The number of nitrogens with two attached hydrogens (primary N) is 1. The number of hydrogen-bond acceptors (Lipinski definition) is 2. The van der Waals surface area contributed by atoms with Crippen molar-refractivity contribution >= 4 is 46.2 Å². The summed E-state index contributed by atoms with van der Waals surface area (Å²) >= 11 is 12.2. The van der Waals surface area contributed by atoms with Gasteiger partial charge in [0.25, 0.3) is 0 Å². The molecule has 0 saturated carbocycles. The molecule has 5 heteroatoms. The molecule has 1 amide bonds. The van der Waals surface area contributed by atoms with E-state index in [1.807, 2.05) is 12.1 Å². The van der Waals surface area contributed by atoms with Crippen molar-refractivity contribution in [2.45, 2.75) is 6.42 Å². The first-order valence-corrected chi connectivity index (χ1v) is 6.49. The minimum absolute atomic E-state index is 0.0373. The van der Waals surface area contributed by atoms with Crippen LogP contribution in [0.25, 0.3) is 0 Å². The predicted octanol–water partition coefficient (Wildman–Crippen LogP) is 3.80. The van der Waals surface area contributed by atoms with Crippen LogP contribution in [0.2, 0.25) is 10.0 Å². The molecule has 0 saturated heterocycles. The SMILES string of the molecule is Nc1ccc2c(c1)CC(=O)N2c1cccc(Cl)c1Cl. The van der Waals surface area contributed by atoms with Crippen molar-refractivity contribution in [3.05, 3.63) is 52.0 Å². The van der Waals surface area contributed by atoms with Gasteiger partial charge in [-0.1, -0.05) is 29.3 Å². The van der Waals surface area contributed by atoms with Crippen LogP contribution in [0.3, 0.4) is 0 Å². The van der Waals surface area contributed by atoms with Gasteiger partial charge in [-0.3, -0.25) is 9.69 Å². The number of hydrogen-bond donors (Lipinski definition) is 1. The molecule has 0 unspecified atom stereocenters. The van der Waals surface area contributed by atoms with Gasteiger partial charge in [0.15, 0.2) is 0 Å². The minimum atomic E-state index is -0.0373. The molecule has 19 heavy (non-hydrogen) atoms. The second-order valence-corrected chi connectivity index (χ2v) is 5.15. The van der Waals surface area contributed by atoms with Crippen molar-refractivity contribution < 1.29 is 4.79 Å². The number of anilines is 3. The number of carbonyl (C=O) groups is 1. The molecule has 0 radical (unpaired) electrons. The molecule has 3 nitrogen and oxygen atoms in total. The molecule has 2 aromatic carbocycles. The Balaban J connectivity index is 2.17. The van der Waals surface area contributed by atoms with Gasteiger partial charge in [0.05, 0.1) is 27.8 Å². The molecule has 0 aromatic heterocycles. The summed E-state index contributed by atoms with van der Waals surface area (Å²) in [6, 6.07) is 10.6. The van der Waals surface area contributed by atoms with E-state index >= 15 is 0 Å². The van der Waals surface area contributed by atoms with Gasteiger partial charge in [-0.15, -0.1) is 0 Å². The monoisotopic (exact) mass is 292 g/mol. The zero-order valence-corrected chi connectivity index (χ0v) is 11.4. The fourth-order valence-electron chi connectivity index (χ4n) is 2.27. The molecule has 96 valence electrons. The van der Waals surface area contributed by atoms with Crippen molar-refractivity contribution in [3.8, 4) is 0 Å². The smallest absolute Gasteiger partial charge is 0.236 e. The Labute approximate surface area is 120 Å². The Kier molecular flexibility index (Phi) is 2.88. The summed E-state index contributed by atoms with van der Waals surface area (Å²) in [6.45, 7) is 0. The van der Waals surface area contributed by atoms with E-state index in [2.05, 4.69) is 0 Å². The Morgan fingerprint density at radius 1 is 1.11 bits per heavy atom. The lowest BCUT2D eigenvalue weighted by Crippen LogP contribution is -2.21. The van der Waals surface area contributed by atoms with Gasteiger partial charge in [0.2, 0.25) is 5.91 Å². The topological polar surface area (TPSA) is 46.3 Å². The Hall–Kier alpha value is -1.71. The molecule has 0 bridgehead atoms. The maximum absolute atomic E-state index is 12.2. The van der Waals surface area contributed by atoms with Crippen LogP contribution in [0.15, 0.2) is 36.4 Å². The molecule has 3 rings (SSSR count). The van der Waals surface area contributed by atoms with Gasteiger partial charge in [0, 0.05) is 5.69 Å². The molecular formula is C14H10Cl2N2O. The number of nitrogen functional groups attached to an aromatic ring is 1. The maximum atomic E-state index is 12.2. The van der Waals surface area contributed by atoms with Gasteiger partial charge in [-0.25, -0.2) is 0 Å². The summed E-state index contributed by atoms with van der Waals surface area (Å²) in [5, 5.41) is 0.804. The van der Waals surface area contributed by atoms with Crippen LogP contribution in [-0.2, 0) is 11.2 Å². The van der Waals surface area contributed by atoms with Crippen molar-refractivity contribution in [1.29, 1.82) is 0 Å². The normalized spacial score (nSPS) is 13.8. The average Bonchev–Trinajstić information content (AvgIpc) is 2.68. The van der Waals surface area contributed by atoms with Gasteiger partial charge in [0.1, 0.15) is 0 Å². The highest BCUT2D eigenvalue weighted by Gasteiger charge is 2.30. The summed E-state index contributed by atoms with van der Waals surface area (Å²) in [4.78, 5) is 13.8. The van der Waals surface area contributed by atoms with Crippen LogP contribution in [-0.4, -0.2) is 5.91 Å². The van der Waals surface area contributed by atoms with Crippen LogP contribution in [0.5, 0.6) is 0 Å². The van der Waals surface area contributed by atoms with E-state index in [0.717, 1.165) is 11.3 Å². The van der Waals surface area contributed by atoms with E-state index in [0.29, 0.717) is 27.8 Å². The lowest BCUT2D eigenvalue weighted by Gasteiger charge is -2.19. The highest BCUT2D eigenvalue weighted by Crippen LogP contribution is 2.41. The minimum Gasteiger partial charge on any atom is -0.399 e. The quantitative estimate of drug-likeness (QED) is 0.813. The van der Waals surface area contributed by atoms with E-state index in [1.54, 1.807) is 29.2 Å². The first kappa shape index (κ1) is 12.3. The molecule has 0 aliphatic carbocycles. The second kappa shape index (κ2) is 4.44. The predicted molar refractivity (Wildman–Crippen MR) is 78.2 cm³/mol. The number of amides is 1. The average molecular weight is 293 g/mol. The molecule has 1 aliphatic heterocycles. The van der Waals surface area contributed by atoms with E-state index in [1.165, 1.54) is 0 Å². The van der Waals surface area contributed by atoms with Crippen molar-refractivity contribution in [2.75, 3.05) is 10.6 Å². The first-order valence-electron chi connectivity index (χ1n) is 5.73. The number of nitrogens with zero attached hydrogens (tertiary/aromatic N) is 1. The highest BCUT2D eigenvalue weighted by molar-refractivity contribution is 6.44. The van der Waals surface area contributed by atoms with Gasteiger partial charge < -0.3 is 5.73 Å². The largest absolute Gasteiger partial charge is 0.399 e. The summed E-state index contributed by atoms with van der Waals surface area (Å²) in [5.41, 5.74) is 8.69. The Morgan fingerprint density at radius 3 is 2.68 bits per heavy atom. The molecule has 0 spiro atoms. The Bertz CT molecular complexity index is 685. The lowest BCUT2D eigenvalue weighted by atomic mass is 10.1. The second-order valence-electron chi connectivity index (χ2n) is 4.37. The number of fused-ring (bicyclic) bond motifs is 1. The first-order chi connectivity index (χ1) is 9.08. The fraction of sp³-hybridized carbons (Fsp3) is 0.0714. The van der Waals surface area contributed by atoms with E-state index in [-0.39, 0.29) is 5.91 Å². The number of rotatable bonds is 1. The van der Waals surface area contributed by atoms with E-state index in [4.69, 9.17) is 28.9 Å². The fourth-order valence-corrected chi connectivity index (χ4v) is 2.65. The van der Waals surface area contributed by atoms with Gasteiger partial charge in [-0.2, -0.15) is 0 Å². The van der Waals surface area contributed by atoms with Crippen LogP contribution in [0, 0.1) is 0 Å². The van der Waals surface area contributed by atoms with Crippen LogP contribution >= 0.6 is 23.2 Å². The third kappa shape index (κ3) is 1.95. The third-order valence-corrected chi connectivity index (χ3v) is 3.92. The summed E-state index contributed by atoms with van der Waals surface area (Å²) < 4.78 is 0. The maximum Gasteiger partial charge on any atom is 0.236 e. The van der Waals surface area contributed by atoms with E-state index in [9.17, 15) is 4.79 Å². The van der Waals surface area contributed by atoms with Crippen LogP contribution in [0.1, 0.15) is 5.56 Å². The third-order valence-electron chi connectivity index (χ3n) is 3.11. The standard InChI is InChI=1S/C14H10Cl2N2O/c15-10-2-1-3-12(14(10)16)18-11-5-4-9(17)6-8(11)7-13(18)19/h1-6H,7,17H2. The highest BCUT2D eigenvalue weighted by atomic mass is 35.5. The number of carbonyl (C=O) groups excluding carboxylic acids is 1.